The Morgan fingerprint density at radius 3 is 2.53 bits per heavy atom. The zero-order valence-corrected chi connectivity index (χ0v) is 10.7. The van der Waals surface area contributed by atoms with Gasteiger partial charge in [0.25, 0.3) is 0 Å². The first kappa shape index (κ1) is 11.5. The van der Waals surface area contributed by atoms with Crippen molar-refractivity contribution in [2.75, 3.05) is 13.2 Å². The number of rotatable bonds is 2. The molecule has 2 N–H and O–H groups in total. The maximum absolute atomic E-state index is 6.40. The van der Waals surface area contributed by atoms with Crippen molar-refractivity contribution in [3.63, 3.8) is 0 Å². The molecule has 2 fully saturated rings. The number of hydrogen-bond donors (Lipinski definition) is 1. The van der Waals surface area contributed by atoms with Crippen LogP contribution in [0.1, 0.15) is 42.7 Å². The van der Waals surface area contributed by atoms with Crippen LogP contribution in [0.25, 0.3) is 0 Å². The van der Waals surface area contributed by atoms with Crippen LogP contribution in [0.4, 0.5) is 0 Å². The van der Waals surface area contributed by atoms with E-state index in [1.54, 1.807) is 0 Å². The van der Waals surface area contributed by atoms with Gasteiger partial charge in [0.2, 0.25) is 0 Å². The lowest BCUT2D eigenvalue weighted by Gasteiger charge is -2.24. The van der Waals surface area contributed by atoms with Crippen molar-refractivity contribution in [1.82, 2.24) is 0 Å². The maximum atomic E-state index is 6.40. The van der Waals surface area contributed by atoms with Crippen LogP contribution in [0, 0.1) is 0 Å². The minimum absolute atomic E-state index is 0.0855. The Labute approximate surface area is 107 Å². The largest absolute Gasteiger partial charge is 0.381 e. The highest BCUT2D eigenvalue weighted by molar-refractivity contribution is 6.31. The minimum Gasteiger partial charge on any atom is -0.381 e. The van der Waals surface area contributed by atoms with Gasteiger partial charge in [0.15, 0.2) is 0 Å². The van der Waals surface area contributed by atoms with E-state index in [1.165, 1.54) is 11.1 Å². The van der Waals surface area contributed by atoms with E-state index in [1.807, 2.05) is 0 Å². The molecular weight excluding hydrogens is 234 g/mol. The van der Waals surface area contributed by atoms with Crippen LogP contribution in [0.15, 0.2) is 18.2 Å². The summed E-state index contributed by atoms with van der Waals surface area (Å²) in [5.41, 5.74) is 8.56. The second-order valence-corrected chi connectivity index (χ2v) is 5.69. The molecule has 1 aromatic rings. The van der Waals surface area contributed by atoms with Crippen molar-refractivity contribution >= 4 is 11.6 Å². The predicted molar refractivity (Wildman–Crippen MR) is 69.3 cm³/mol. The minimum atomic E-state index is -0.0855. The fourth-order valence-corrected chi connectivity index (χ4v) is 2.93. The molecule has 0 spiro atoms. The van der Waals surface area contributed by atoms with E-state index >= 15 is 0 Å². The third kappa shape index (κ3) is 2.22. The first-order chi connectivity index (χ1) is 8.19. The SMILES string of the molecule is NC1(c2ccc(C3CCOCC3)c(Cl)c2)CC1. The van der Waals surface area contributed by atoms with Gasteiger partial charge in [-0.1, -0.05) is 23.7 Å². The molecule has 0 atom stereocenters. The zero-order chi connectivity index (χ0) is 11.9. The highest BCUT2D eigenvalue weighted by Gasteiger charge is 2.40. The van der Waals surface area contributed by atoms with Crippen LogP contribution in [-0.2, 0) is 10.3 Å². The van der Waals surface area contributed by atoms with E-state index in [0.29, 0.717) is 5.92 Å². The summed E-state index contributed by atoms with van der Waals surface area (Å²) in [5.74, 6) is 0.554. The molecule has 0 bridgehead atoms. The van der Waals surface area contributed by atoms with Crippen LogP contribution in [-0.4, -0.2) is 13.2 Å². The fourth-order valence-electron chi connectivity index (χ4n) is 2.60. The predicted octanol–water partition coefficient (Wildman–Crippen LogP) is 3.18. The number of benzene rings is 1. The van der Waals surface area contributed by atoms with Gasteiger partial charge >= 0.3 is 0 Å². The summed E-state index contributed by atoms with van der Waals surface area (Å²) in [4.78, 5) is 0. The van der Waals surface area contributed by atoms with Crippen molar-refractivity contribution < 1.29 is 4.74 Å². The number of ether oxygens (including phenoxy) is 1. The smallest absolute Gasteiger partial charge is 0.0471 e. The summed E-state index contributed by atoms with van der Waals surface area (Å²) < 4.78 is 5.39. The molecule has 2 aliphatic rings. The van der Waals surface area contributed by atoms with Crippen LogP contribution >= 0.6 is 11.6 Å². The lowest BCUT2D eigenvalue weighted by atomic mass is 9.90. The highest BCUT2D eigenvalue weighted by atomic mass is 35.5. The Kier molecular flexibility index (Phi) is 2.89. The second-order valence-electron chi connectivity index (χ2n) is 5.28. The van der Waals surface area contributed by atoms with Gasteiger partial charge in [-0.3, -0.25) is 0 Å². The summed E-state index contributed by atoms with van der Waals surface area (Å²) in [5, 5.41) is 0.881. The van der Waals surface area contributed by atoms with E-state index in [4.69, 9.17) is 22.1 Å². The van der Waals surface area contributed by atoms with E-state index < -0.39 is 0 Å². The molecule has 92 valence electrons. The average molecular weight is 252 g/mol. The molecule has 1 aliphatic heterocycles. The first-order valence-electron chi connectivity index (χ1n) is 6.36. The Hall–Kier alpha value is -0.570. The van der Waals surface area contributed by atoms with Gasteiger partial charge in [-0.2, -0.15) is 0 Å². The quantitative estimate of drug-likeness (QED) is 0.876. The number of halogens is 1. The number of hydrogen-bond acceptors (Lipinski definition) is 2. The lowest BCUT2D eigenvalue weighted by molar-refractivity contribution is 0.0853. The molecule has 1 saturated heterocycles. The maximum Gasteiger partial charge on any atom is 0.0471 e. The van der Waals surface area contributed by atoms with Gasteiger partial charge < -0.3 is 10.5 Å². The Morgan fingerprint density at radius 1 is 1.24 bits per heavy atom. The molecule has 3 heteroatoms. The normalized spacial score (nSPS) is 23.6. The van der Waals surface area contributed by atoms with E-state index in [9.17, 15) is 0 Å². The standard InChI is InChI=1S/C14H18ClNO/c15-13-9-11(14(16)5-6-14)1-2-12(13)10-3-7-17-8-4-10/h1-2,9-10H,3-8,16H2. The van der Waals surface area contributed by atoms with E-state index in [-0.39, 0.29) is 5.54 Å². The fraction of sp³-hybridized carbons (Fsp3) is 0.571. The second kappa shape index (κ2) is 4.27. The summed E-state index contributed by atoms with van der Waals surface area (Å²) in [6, 6.07) is 6.39. The third-order valence-electron chi connectivity index (χ3n) is 4.03. The zero-order valence-electron chi connectivity index (χ0n) is 9.92. The lowest BCUT2D eigenvalue weighted by Crippen LogP contribution is -2.19. The molecule has 17 heavy (non-hydrogen) atoms. The highest BCUT2D eigenvalue weighted by Crippen LogP contribution is 2.44. The molecule has 3 rings (SSSR count). The van der Waals surface area contributed by atoms with Crippen molar-refractivity contribution in [2.24, 2.45) is 5.73 Å². The molecular formula is C14H18ClNO. The summed E-state index contributed by atoms with van der Waals surface area (Å²) in [6.07, 6.45) is 4.32. The molecule has 2 nitrogen and oxygen atoms in total. The van der Waals surface area contributed by atoms with Gasteiger partial charge in [0.05, 0.1) is 0 Å². The van der Waals surface area contributed by atoms with Gasteiger partial charge in [0.1, 0.15) is 0 Å². The molecule has 1 heterocycles. The number of nitrogens with two attached hydrogens (primary N) is 1. The van der Waals surface area contributed by atoms with Gasteiger partial charge in [-0.15, -0.1) is 0 Å². The van der Waals surface area contributed by atoms with Gasteiger partial charge in [-0.25, -0.2) is 0 Å². The van der Waals surface area contributed by atoms with Crippen LogP contribution in [0.3, 0.4) is 0 Å². The third-order valence-corrected chi connectivity index (χ3v) is 4.35. The first-order valence-corrected chi connectivity index (χ1v) is 6.73. The Morgan fingerprint density at radius 2 is 1.94 bits per heavy atom. The Balaban J connectivity index is 1.85. The molecule has 0 radical (unpaired) electrons. The van der Waals surface area contributed by atoms with E-state index in [0.717, 1.165) is 43.9 Å². The average Bonchev–Trinajstić information content (AvgIpc) is 3.10. The van der Waals surface area contributed by atoms with Crippen molar-refractivity contribution in [2.45, 2.75) is 37.1 Å². The van der Waals surface area contributed by atoms with Crippen molar-refractivity contribution in [1.29, 1.82) is 0 Å². The molecule has 0 aromatic heterocycles. The molecule has 1 aromatic carbocycles. The van der Waals surface area contributed by atoms with E-state index in [2.05, 4.69) is 18.2 Å². The molecule has 1 saturated carbocycles. The topological polar surface area (TPSA) is 35.2 Å². The van der Waals surface area contributed by atoms with Crippen LogP contribution in [0.5, 0.6) is 0 Å². The monoisotopic (exact) mass is 251 g/mol. The summed E-state index contributed by atoms with van der Waals surface area (Å²) >= 11 is 6.40. The summed E-state index contributed by atoms with van der Waals surface area (Å²) in [6.45, 7) is 1.70. The van der Waals surface area contributed by atoms with Crippen molar-refractivity contribution in [3.05, 3.63) is 34.3 Å². The van der Waals surface area contributed by atoms with Crippen molar-refractivity contribution in [3.8, 4) is 0 Å². The molecule has 1 aliphatic carbocycles. The van der Waals surface area contributed by atoms with Crippen LogP contribution in [0.2, 0.25) is 5.02 Å². The molecule has 0 unspecified atom stereocenters. The summed E-state index contributed by atoms with van der Waals surface area (Å²) in [7, 11) is 0. The van der Waals surface area contributed by atoms with Gasteiger partial charge in [0, 0.05) is 23.8 Å². The van der Waals surface area contributed by atoms with Crippen LogP contribution < -0.4 is 5.73 Å². The Bertz CT molecular complexity index is 422. The van der Waals surface area contributed by atoms with Gasteiger partial charge in [-0.05, 0) is 48.8 Å². The molecule has 0 amide bonds.